The smallest absolute Gasteiger partial charge is 0.258 e. The highest BCUT2D eigenvalue weighted by Crippen LogP contribution is 2.16. The zero-order valence-corrected chi connectivity index (χ0v) is 14.4. The van der Waals surface area contributed by atoms with Crippen LogP contribution in [0.4, 0.5) is 5.82 Å². The number of hydrogen-bond donors (Lipinski definition) is 1. The average molecular weight is 356 g/mol. The summed E-state index contributed by atoms with van der Waals surface area (Å²) in [5.41, 5.74) is 0.516. The van der Waals surface area contributed by atoms with Crippen molar-refractivity contribution < 1.29 is 0 Å². The Morgan fingerprint density at radius 1 is 1.12 bits per heavy atom. The van der Waals surface area contributed by atoms with E-state index in [1.54, 1.807) is 18.2 Å². The first-order valence-electron chi connectivity index (χ1n) is 8.26. The largest absolute Gasteiger partial charge is 0.354 e. The minimum Gasteiger partial charge on any atom is -0.354 e. The molecule has 0 unspecified atom stereocenters. The van der Waals surface area contributed by atoms with Crippen molar-refractivity contribution in [2.45, 2.75) is 6.54 Å². The monoisotopic (exact) mass is 355 g/mol. The summed E-state index contributed by atoms with van der Waals surface area (Å²) in [6, 6.07) is 11.1. The van der Waals surface area contributed by atoms with Gasteiger partial charge in [0.05, 0.1) is 17.4 Å². The summed E-state index contributed by atoms with van der Waals surface area (Å²) in [4.78, 5) is 28.6. The number of pyridine rings is 1. The van der Waals surface area contributed by atoms with Crippen LogP contribution < -0.4 is 10.5 Å². The first kappa shape index (κ1) is 16.1. The lowest BCUT2D eigenvalue weighted by molar-refractivity contribution is 0.243. The van der Waals surface area contributed by atoms with Crippen LogP contribution in [0.2, 0.25) is 5.02 Å². The molecule has 3 heterocycles. The molecule has 3 aromatic rings. The topological polar surface area (TPSA) is 65.1 Å². The van der Waals surface area contributed by atoms with E-state index in [0.29, 0.717) is 28.3 Å². The SMILES string of the molecule is O=c1[nH]c(CN2CCN(c3ccccn3)CC2)nc2cc(Cl)ccc12. The van der Waals surface area contributed by atoms with E-state index in [-0.39, 0.29) is 5.56 Å². The number of hydrogen-bond acceptors (Lipinski definition) is 5. The van der Waals surface area contributed by atoms with Crippen molar-refractivity contribution >= 4 is 28.3 Å². The second-order valence-electron chi connectivity index (χ2n) is 6.13. The first-order valence-corrected chi connectivity index (χ1v) is 8.64. The van der Waals surface area contributed by atoms with Crippen LogP contribution in [0.25, 0.3) is 10.9 Å². The van der Waals surface area contributed by atoms with E-state index in [2.05, 4.69) is 24.8 Å². The number of rotatable bonds is 3. The number of aromatic nitrogens is 3. The number of benzene rings is 1. The zero-order chi connectivity index (χ0) is 17.2. The Hall–Kier alpha value is -2.44. The molecule has 7 heteroatoms. The van der Waals surface area contributed by atoms with Gasteiger partial charge in [-0.1, -0.05) is 17.7 Å². The van der Waals surface area contributed by atoms with Gasteiger partial charge >= 0.3 is 0 Å². The number of nitrogens with zero attached hydrogens (tertiary/aromatic N) is 4. The molecule has 1 fully saturated rings. The molecule has 2 aromatic heterocycles. The lowest BCUT2D eigenvalue weighted by Crippen LogP contribution is -2.46. The highest BCUT2D eigenvalue weighted by atomic mass is 35.5. The van der Waals surface area contributed by atoms with Gasteiger partial charge in [0.2, 0.25) is 0 Å². The number of H-pyrrole nitrogens is 1. The molecule has 0 amide bonds. The Bertz CT molecular complexity index is 935. The maximum atomic E-state index is 12.2. The Labute approximate surface area is 150 Å². The van der Waals surface area contributed by atoms with Crippen LogP contribution in [-0.2, 0) is 6.54 Å². The fourth-order valence-electron chi connectivity index (χ4n) is 3.12. The van der Waals surface area contributed by atoms with Gasteiger partial charge in [0.1, 0.15) is 11.6 Å². The average Bonchev–Trinajstić information content (AvgIpc) is 2.63. The number of anilines is 1. The normalized spacial score (nSPS) is 15.6. The molecular formula is C18H18ClN5O. The molecule has 0 bridgehead atoms. The number of nitrogens with one attached hydrogen (secondary N) is 1. The van der Waals surface area contributed by atoms with E-state index >= 15 is 0 Å². The summed E-state index contributed by atoms with van der Waals surface area (Å²) in [6.45, 7) is 4.22. The van der Waals surface area contributed by atoms with Crippen molar-refractivity contribution in [3.63, 3.8) is 0 Å². The predicted molar refractivity (Wildman–Crippen MR) is 99.1 cm³/mol. The van der Waals surface area contributed by atoms with Crippen LogP contribution in [-0.4, -0.2) is 46.0 Å². The molecule has 1 saturated heterocycles. The zero-order valence-electron chi connectivity index (χ0n) is 13.7. The number of halogens is 1. The minimum atomic E-state index is -0.121. The molecule has 0 saturated carbocycles. The molecular weight excluding hydrogens is 338 g/mol. The lowest BCUT2D eigenvalue weighted by Gasteiger charge is -2.35. The molecule has 128 valence electrons. The second kappa shape index (κ2) is 6.82. The quantitative estimate of drug-likeness (QED) is 0.781. The van der Waals surface area contributed by atoms with Crippen LogP contribution in [0.15, 0.2) is 47.4 Å². The highest BCUT2D eigenvalue weighted by Gasteiger charge is 2.18. The fourth-order valence-corrected chi connectivity index (χ4v) is 3.29. The Morgan fingerprint density at radius 2 is 1.96 bits per heavy atom. The van der Waals surface area contributed by atoms with Crippen molar-refractivity contribution in [1.29, 1.82) is 0 Å². The molecule has 4 rings (SSSR count). The second-order valence-corrected chi connectivity index (χ2v) is 6.56. The van der Waals surface area contributed by atoms with Crippen molar-refractivity contribution in [2.24, 2.45) is 0 Å². The van der Waals surface area contributed by atoms with Crippen molar-refractivity contribution in [3.8, 4) is 0 Å². The van der Waals surface area contributed by atoms with Gasteiger partial charge in [0, 0.05) is 37.4 Å². The van der Waals surface area contributed by atoms with E-state index in [1.165, 1.54) is 0 Å². The fraction of sp³-hybridized carbons (Fsp3) is 0.278. The third-order valence-corrected chi connectivity index (χ3v) is 4.67. The Morgan fingerprint density at radius 3 is 2.72 bits per heavy atom. The van der Waals surface area contributed by atoms with E-state index < -0.39 is 0 Å². The van der Waals surface area contributed by atoms with Crippen molar-refractivity contribution in [1.82, 2.24) is 19.9 Å². The first-order chi connectivity index (χ1) is 12.2. The third kappa shape index (κ3) is 3.50. The number of piperazine rings is 1. The molecule has 1 aliphatic heterocycles. The molecule has 0 radical (unpaired) electrons. The summed E-state index contributed by atoms with van der Waals surface area (Å²) in [7, 11) is 0. The van der Waals surface area contributed by atoms with Gasteiger partial charge in [-0.15, -0.1) is 0 Å². The van der Waals surface area contributed by atoms with E-state index in [9.17, 15) is 4.79 Å². The maximum Gasteiger partial charge on any atom is 0.258 e. The molecule has 6 nitrogen and oxygen atoms in total. The van der Waals surface area contributed by atoms with Gasteiger partial charge in [-0.25, -0.2) is 9.97 Å². The van der Waals surface area contributed by atoms with Crippen molar-refractivity contribution in [3.05, 3.63) is 63.8 Å². The molecule has 0 spiro atoms. The van der Waals surface area contributed by atoms with Gasteiger partial charge in [-0.05, 0) is 30.3 Å². The van der Waals surface area contributed by atoms with Crippen LogP contribution in [0, 0.1) is 0 Å². The molecule has 25 heavy (non-hydrogen) atoms. The summed E-state index contributed by atoms with van der Waals surface area (Å²) in [5, 5.41) is 1.15. The summed E-state index contributed by atoms with van der Waals surface area (Å²) in [5.74, 6) is 1.68. The minimum absolute atomic E-state index is 0.121. The molecule has 1 N–H and O–H groups in total. The maximum absolute atomic E-state index is 12.2. The Kier molecular flexibility index (Phi) is 4.38. The van der Waals surface area contributed by atoms with Crippen LogP contribution in [0.5, 0.6) is 0 Å². The van der Waals surface area contributed by atoms with Crippen LogP contribution in [0.3, 0.4) is 0 Å². The van der Waals surface area contributed by atoms with Gasteiger partial charge in [0.25, 0.3) is 5.56 Å². The third-order valence-electron chi connectivity index (χ3n) is 4.44. The number of aromatic amines is 1. The van der Waals surface area contributed by atoms with Gasteiger partial charge < -0.3 is 9.88 Å². The molecule has 1 aliphatic rings. The van der Waals surface area contributed by atoms with E-state index in [4.69, 9.17) is 11.6 Å². The van der Waals surface area contributed by atoms with Gasteiger partial charge in [-0.2, -0.15) is 0 Å². The van der Waals surface area contributed by atoms with Gasteiger partial charge in [0.15, 0.2) is 0 Å². The van der Waals surface area contributed by atoms with Crippen molar-refractivity contribution in [2.75, 3.05) is 31.1 Å². The van der Waals surface area contributed by atoms with Gasteiger partial charge in [-0.3, -0.25) is 9.69 Å². The molecule has 0 atom stereocenters. The van der Waals surface area contributed by atoms with E-state index in [0.717, 1.165) is 32.0 Å². The predicted octanol–water partition coefficient (Wildman–Crippen LogP) is 2.29. The van der Waals surface area contributed by atoms with Crippen LogP contribution in [0.1, 0.15) is 5.82 Å². The standard InChI is InChI=1S/C18H18ClN5O/c19-13-4-5-14-15(11-13)21-16(22-18(14)25)12-23-7-9-24(10-8-23)17-3-1-2-6-20-17/h1-6,11H,7-10,12H2,(H,21,22,25). The summed E-state index contributed by atoms with van der Waals surface area (Å²) >= 11 is 6.02. The Balaban J connectivity index is 1.47. The van der Waals surface area contributed by atoms with Crippen LogP contribution >= 0.6 is 11.6 Å². The summed E-state index contributed by atoms with van der Waals surface area (Å²) in [6.07, 6.45) is 1.82. The summed E-state index contributed by atoms with van der Waals surface area (Å²) < 4.78 is 0. The molecule has 0 aliphatic carbocycles. The lowest BCUT2D eigenvalue weighted by atomic mass is 10.2. The molecule has 1 aromatic carbocycles. The highest BCUT2D eigenvalue weighted by molar-refractivity contribution is 6.31. The number of fused-ring (bicyclic) bond motifs is 1. The van der Waals surface area contributed by atoms with E-state index in [1.807, 2.05) is 24.4 Å².